The smallest absolute Gasteiger partial charge is 0.252 e. The molecule has 6 nitrogen and oxygen atoms in total. The van der Waals surface area contributed by atoms with E-state index in [9.17, 15) is 4.79 Å². The van der Waals surface area contributed by atoms with E-state index >= 15 is 0 Å². The van der Waals surface area contributed by atoms with Gasteiger partial charge in [0.25, 0.3) is 5.91 Å². The van der Waals surface area contributed by atoms with Gasteiger partial charge in [-0.3, -0.25) is 9.79 Å². The minimum absolute atomic E-state index is 0.116. The SMILES string of the molecule is NC(=O)C1=C2NC3=C(CCNC3)C2N=C1c1ccc(Oc2ccccc2)cc1. The van der Waals surface area contributed by atoms with Gasteiger partial charge in [0, 0.05) is 17.8 Å². The molecule has 3 heterocycles. The number of nitrogens with zero attached hydrogens (tertiary/aromatic N) is 1. The van der Waals surface area contributed by atoms with Crippen LogP contribution < -0.4 is 21.1 Å². The molecule has 0 saturated heterocycles. The summed E-state index contributed by atoms with van der Waals surface area (Å²) in [4.78, 5) is 17.1. The molecule has 28 heavy (non-hydrogen) atoms. The quantitative estimate of drug-likeness (QED) is 0.768. The Bertz CT molecular complexity index is 1040. The van der Waals surface area contributed by atoms with Gasteiger partial charge in [0.15, 0.2) is 0 Å². The normalized spacial score (nSPS) is 20.4. The zero-order valence-corrected chi connectivity index (χ0v) is 15.2. The van der Waals surface area contributed by atoms with Crippen LogP contribution in [-0.4, -0.2) is 30.8 Å². The number of aliphatic imine (C=N–C) groups is 1. The monoisotopic (exact) mass is 372 g/mol. The second-order valence-electron chi connectivity index (χ2n) is 7.03. The van der Waals surface area contributed by atoms with Crippen molar-refractivity contribution < 1.29 is 9.53 Å². The Kier molecular flexibility index (Phi) is 3.98. The Morgan fingerprint density at radius 1 is 1.07 bits per heavy atom. The fourth-order valence-corrected chi connectivity index (χ4v) is 3.97. The van der Waals surface area contributed by atoms with Gasteiger partial charge in [0.1, 0.15) is 17.5 Å². The van der Waals surface area contributed by atoms with Gasteiger partial charge < -0.3 is 21.1 Å². The lowest BCUT2D eigenvalue weighted by atomic mass is 9.99. The molecule has 5 rings (SSSR count). The second-order valence-corrected chi connectivity index (χ2v) is 7.03. The van der Waals surface area contributed by atoms with E-state index in [2.05, 4.69) is 10.6 Å². The molecular weight excluding hydrogens is 352 g/mol. The average molecular weight is 372 g/mol. The van der Waals surface area contributed by atoms with Gasteiger partial charge >= 0.3 is 0 Å². The molecule has 1 atom stereocenters. The van der Waals surface area contributed by atoms with E-state index in [0.717, 1.165) is 48.0 Å². The number of rotatable bonds is 4. The molecule has 1 amide bonds. The maximum Gasteiger partial charge on any atom is 0.252 e. The molecule has 2 aromatic rings. The number of ether oxygens (including phenoxy) is 1. The van der Waals surface area contributed by atoms with E-state index < -0.39 is 5.91 Å². The number of primary amides is 1. The molecule has 3 aliphatic rings. The Labute approximate surface area is 162 Å². The van der Waals surface area contributed by atoms with Crippen molar-refractivity contribution >= 4 is 11.6 Å². The Balaban J connectivity index is 1.46. The molecule has 0 aliphatic carbocycles. The number of nitrogens with two attached hydrogens (primary N) is 1. The van der Waals surface area contributed by atoms with Crippen LogP contribution in [-0.2, 0) is 4.79 Å². The number of carbonyl (C=O) groups is 1. The van der Waals surface area contributed by atoms with Gasteiger partial charge in [0.05, 0.1) is 17.0 Å². The van der Waals surface area contributed by atoms with Crippen molar-refractivity contribution in [2.75, 3.05) is 13.1 Å². The largest absolute Gasteiger partial charge is 0.457 e. The molecule has 3 aliphatic heterocycles. The predicted molar refractivity (Wildman–Crippen MR) is 107 cm³/mol. The zero-order chi connectivity index (χ0) is 19.1. The Morgan fingerprint density at radius 2 is 1.82 bits per heavy atom. The first-order chi connectivity index (χ1) is 13.7. The Hall–Kier alpha value is -3.38. The summed E-state index contributed by atoms with van der Waals surface area (Å²) in [7, 11) is 0. The van der Waals surface area contributed by atoms with Crippen LogP contribution in [0.15, 0.2) is 82.1 Å². The number of amides is 1. The van der Waals surface area contributed by atoms with E-state index in [0.29, 0.717) is 11.3 Å². The molecule has 140 valence electrons. The van der Waals surface area contributed by atoms with Crippen LogP contribution in [0.4, 0.5) is 0 Å². The molecule has 0 radical (unpaired) electrons. The molecular formula is C22H20N4O2. The highest BCUT2D eigenvalue weighted by Crippen LogP contribution is 2.37. The third-order valence-electron chi connectivity index (χ3n) is 5.27. The lowest BCUT2D eigenvalue weighted by Gasteiger charge is -2.16. The van der Waals surface area contributed by atoms with Crippen molar-refractivity contribution in [3.8, 4) is 11.5 Å². The van der Waals surface area contributed by atoms with Gasteiger partial charge in [-0.15, -0.1) is 0 Å². The van der Waals surface area contributed by atoms with Crippen LogP contribution >= 0.6 is 0 Å². The van der Waals surface area contributed by atoms with E-state index in [1.807, 2.05) is 54.6 Å². The fourth-order valence-electron chi connectivity index (χ4n) is 3.97. The Morgan fingerprint density at radius 3 is 2.57 bits per heavy atom. The standard InChI is InChI=1S/C22H20N4O2/c23-22(27)18-19(26-20-16-10-11-24-12-17(16)25-21(18)20)13-6-8-15(9-7-13)28-14-4-2-1-3-5-14/h1-9,20,24-25H,10-12H2,(H2,23,27). The lowest BCUT2D eigenvalue weighted by Crippen LogP contribution is -2.29. The number of benzene rings is 2. The minimum atomic E-state index is -0.457. The number of hydrogen-bond donors (Lipinski definition) is 3. The van der Waals surface area contributed by atoms with Gasteiger partial charge in [-0.05, 0) is 54.9 Å². The van der Waals surface area contributed by atoms with Crippen molar-refractivity contribution in [1.29, 1.82) is 0 Å². The number of hydrogen-bond acceptors (Lipinski definition) is 5. The molecule has 0 fully saturated rings. The summed E-state index contributed by atoms with van der Waals surface area (Å²) in [5.41, 5.74) is 10.9. The first-order valence-corrected chi connectivity index (χ1v) is 9.36. The van der Waals surface area contributed by atoms with Crippen LogP contribution in [0.25, 0.3) is 0 Å². The first kappa shape index (κ1) is 16.8. The highest BCUT2D eigenvalue weighted by molar-refractivity contribution is 6.29. The second kappa shape index (κ2) is 6.65. The van der Waals surface area contributed by atoms with Crippen molar-refractivity contribution in [3.05, 3.63) is 82.7 Å². The van der Waals surface area contributed by atoms with Crippen LogP contribution in [0.2, 0.25) is 0 Å². The molecule has 0 bridgehead atoms. The number of para-hydroxylation sites is 1. The summed E-state index contributed by atoms with van der Waals surface area (Å²) in [5, 5.41) is 6.72. The van der Waals surface area contributed by atoms with Crippen LogP contribution in [0.1, 0.15) is 12.0 Å². The van der Waals surface area contributed by atoms with E-state index in [1.165, 1.54) is 5.57 Å². The molecule has 0 saturated carbocycles. The van der Waals surface area contributed by atoms with E-state index in [4.69, 9.17) is 15.5 Å². The summed E-state index contributed by atoms with van der Waals surface area (Å²) in [5.74, 6) is 1.04. The van der Waals surface area contributed by atoms with Crippen LogP contribution in [0.5, 0.6) is 11.5 Å². The van der Waals surface area contributed by atoms with Gasteiger partial charge in [0.2, 0.25) is 0 Å². The average Bonchev–Trinajstić information content (AvgIpc) is 3.25. The predicted octanol–water partition coefficient (Wildman–Crippen LogP) is 2.24. The lowest BCUT2D eigenvalue weighted by molar-refractivity contribution is -0.114. The van der Waals surface area contributed by atoms with Crippen molar-refractivity contribution in [1.82, 2.24) is 10.6 Å². The summed E-state index contributed by atoms with van der Waals surface area (Å²) in [6.45, 7) is 1.70. The summed E-state index contributed by atoms with van der Waals surface area (Å²) >= 11 is 0. The molecule has 2 aromatic carbocycles. The molecule has 6 heteroatoms. The zero-order valence-electron chi connectivity index (χ0n) is 15.2. The molecule has 0 aromatic heterocycles. The first-order valence-electron chi connectivity index (χ1n) is 9.36. The van der Waals surface area contributed by atoms with Gasteiger partial charge in [-0.25, -0.2) is 0 Å². The molecule has 0 spiro atoms. The summed E-state index contributed by atoms with van der Waals surface area (Å²) in [6, 6.07) is 17.1. The topological polar surface area (TPSA) is 88.7 Å². The van der Waals surface area contributed by atoms with Crippen molar-refractivity contribution in [2.45, 2.75) is 12.5 Å². The minimum Gasteiger partial charge on any atom is -0.457 e. The van der Waals surface area contributed by atoms with Crippen molar-refractivity contribution in [2.24, 2.45) is 10.7 Å². The van der Waals surface area contributed by atoms with Crippen molar-refractivity contribution in [3.63, 3.8) is 0 Å². The third kappa shape index (κ3) is 2.78. The highest BCUT2D eigenvalue weighted by Gasteiger charge is 2.40. The van der Waals surface area contributed by atoms with Crippen LogP contribution in [0.3, 0.4) is 0 Å². The number of carbonyl (C=O) groups excluding carboxylic acids is 1. The summed E-state index contributed by atoms with van der Waals surface area (Å²) in [6.07, 6.45) is 0.920. The molecule has 1 unspecified atom stereocenters. The molecule has 4 N–H and O–H groups in total. The van der Waals surface area contributed by atoms with E-state index in [-0.39, 0.29) is 6.04 Å². The highest BCUT2D eigenvalue weighted by atomic mass is 16.5. The number of nitrogens with one attached hydrogen (secondary N) is 2. The van der Waals surface area contributed by atoms with Crippen LogP contribution in [0, 0.1) is 0 Å². The summed E-state index contributed by atoms with van der Waals surface area (Å²) < 4.78 is 5.85. The van der Waals surface area contributed by atoms with Gasteiger partial charge in [-0.1, -0.05) is 18.2 Å². The van der Waals surface area contributed by atoms with E-state index in [1.54, 1.807) is 0 Å². The maximum absolute atomic E-state index is 12.2. The fraction of sp³-hybridized carbons (Fsp3) is 0.182. The maximum atomic E-state index is 12.2. The number of fused-ring (bicyclic) bond motifs is 2. The van der Waals surface area contributed by atoms with Gasteiger partial charge in [-0.2, -0.15) is 0 Å². The third-order valence-corrected chi connectivity index (χ3v) is 5.27.